The maximum Gasteiger partial charge on any atom is 0.124 e. The summed E-state index contributed by atoms with van der Waals surface area (Å²) in [7, 11) is 0. The van der Waals surface area contributed by atoms with Gasteiger partial charge in [0.2, 0.25) is 0 Å². The van der Waals surface area contributed by atoms with Gasteiger partial charge in [0.15, 0.2) is 0 Å². The molecule has 2 fully saturated rings. The summed E-state index contributed by atoms with van der Waals surface area (Å²) in [5, 5.41) is 7.57. The molecule has 1 aromatic rings. The van der Waals surface area contributed by atoms with E-state index in [2.05, 4.69) is 15.4 Å². The summed E-state index contributed by atoms with van der Waals surface area (Å²) in [6.45, 7) is 3.30. The lowest BCUT2D eigenvalue weighted by Crippen LogP contribution is -2.38. The Bertz CT molecular complexity index is 315. The van der Waals surface area contributed by atoms with Gasteiger partial charge < -0.3 is 9.84 Å². The average molecular weight is 221 g/mol. The molecule has 1 atom stereocenters. The van der Waals surface area contributed by atoms with Crippen LogP contribution in [0.1, 0.15) is 31.4 Å². The highest BCUT2D eigenvalue weighted by Crippen LogP contribution is 2.28. The minimum absolute atomic E-state index is 0.688. The first kappa shape index (κ1) is 10.3. The van der Waals surface area contributed by atoms with E-state index in [9.17, 15) is 0 Å². The number of nitrogens with zero attached hydrogens (tertiary/aromatic N) is 2. The Kier molecular flexibility index (Phi) is 2.93. The Balaban J connectivity index is 1.57. The molecule has 16 heavy (non-hydrogen) atoms. The molecule has 4 heteroatoms. The Morgan fingerprint density at radius 3 is 3.00 bits per heavy atom. The molecule has 0 bridgehead atoms. The molecule has 2 heterocycles. The lowest BCUT2D eigenvalue weighted by Gasteiger charge is -2.24. The Morgan fingerprint density at radius 2 is 2.38 bits per heavy atom. The molecule has 3 rings (SSSR count). The van der Waals surface area contributed by atoms with Crippen molar-refractivity contribution in [3.05, 3.63) is 18.0 Å². The highest BCUT2D eigenvalue weighted by Gasteiger charge is 2.31. The number of hydrogen-bond donors (Lipinski definition) is 1. The van der Waals surface area contributed by atoms with Crippen LogP contribution in [0.15, 0.2) is 16.9 Å². The standard InChI is InChI=1S/C12H19N3O/c1-2-10(13-6-1)8-15(12-3-4-12)9-11-5-7-16-14-11/h5,7,10,12-13H,1-4,6,8-9H2/t10-/m1/s1. The smallest absolute Gasteiger partial charge is 0.124 e. The largest absolute Gasteiger partial charge is 0.364 e. The van der Waals surface area contributed by atoms with E-state index in [0.29, 0.717) is 6.04 Å². The third-order valence-corrected chi connectivity index (χ3v) is 3.54. The lowest BCUT2D eigenvalue weighted by atomic mass is 10.2. The molecular weight excluding hydrogens is 202 g/mol. The van der Waals surface area contributed by atoms with Crippen molar-refractivity contribution in [2.75, 3.05) is 13.1 Å². The fraction of sp³-hybridized carbons (Fsp3) is 0.750. The van der Waals surface area contributed by atoms with Crippen LogP contribution in [0.3, 0.4) is 0 Å². The third-order valence-electron chi connectivity index (χ3n) is 3.54. The number of rotatable bonds is 5. The molecule has 0 aromatic carbocycles. The monoisotopic (exact) mass is 221 g/mol. The Labute approximate surface area is 96.0 Å². The second kappa shape index (κ2) is 4.55. The van der Waals surface area contributed by atoms with Crippen molar-refractivity contribution in [1.82, 2.24) is 15.4 Å². The van der Waals surface area contributed by atoms with E-state index in [0.717, 1.165) is 24.8 Å². The molecular formula is C12H19N3O. The third kappa shape index (κ3) is 2.44. The summed E-state index contributed by atoms with van der Waals surface area (Å²) in [5.41, 5.74) is 1.06. The maximum absolute atomic E-state index is 4.89. The fourth-order valence-electron chi connectivity index (χ4n) is 2.51. The molecule has 1 N–H and O–H groups in total. The summed E-state index contributed by atoms with van der Waals surface area (Å²) < 4.78 is 4.89. The van der Waals surface area contributed by atoms with Gasteiger partial charge >= 0.3 is 0 Å². The minimum Gasteiger partial charge on any atom is -0.364 e. The number of aromatic nitrogens is 1. The topological polar surface area (TPSA) is 41.3 Å². The zero-order valence-corrected chi connectivity index (χ0v) is 9.56. The van der Waals surface area contributed by atoms with E-state index in [-0.39, 0.29) is 0 Å². The zero-order valence-electron chi connectivity index (χ0n) is 9.56. The first-order chi connectivity index (χ1) is 7.92. The van der Waals surface area contributed by atoms with E-state index >= 15 is 0 Å². The van der Waals surface area contributed by atoms with Crippen LogP contribution in [-0.2, 0) is 6.54 Å². The van der Waals surface area contributed by atoms with Gasteiger partial charge in [-0.2, -0.15) is 0 Å². The molecule has 88 valence electrons. The molecule has 1 aliphatic carbocycles. The summed E-state index contributed by atoms with van der Waals surface area (Å²) >= 11 is 0. The summed E-state index contributed by atoms with van der Waals surface area (Å²) in [6, 6.07) is 3.45. The van der Waals surface area contributed by atoms with Crippen molar-refractivity contribution >= 4 is 0 Å². The van der Waals surface area contributed by atoms with E-state index in [1.807, 2.05) is 6.07 Å². The van der Waals surface area contributed by atoms with Crippen LogP contribution in [0.25, 0.3) is 0 Å². The van der Waals surface area contributed by atoms with Crippen molar-refractivity contribution in [2.45, 2.75) is 44.3 Å². The summed E-state index contributed by atoms with van der Waals surface area (Å²) in [4.78, 5) is 2.56. The van der Waals surface area contributed by atoms with Crippen LogP contribution >= 0.6 is 0 Å². The molecule has 0 unspecified atom stereocenters. The van der Waals surface area contributed by atoms with E-state index < -0.39 is 0 Å². The van der Waals surface area contributed by atoms with Gasteiger partial charge in [0, 0.05) is 31.2 Å². The van der Waals surface area contributed by atoms with Gasteiger partial charge in [-0.05, 0) is 32.2 Å². The van der Waals surface area contributed by atoms with Crippen LogP contribution in [0.2, 0.25) is 0 Å². The van der Waals surface area contributed by atoms with Gasteiger partial charge in [-0.25, -0.2) is 0 Å². The molecule has 1 aromatic heterocycles. The molecule has 0 amide bonds. The predicted octanol–water partition coefficient (Wildman–Crippen LogP) is 1.39. The van der Waals surface area contributed by atoms with Gasteiger partial charge in [-0.3, -0.25) is 4.90 Å². The highest BCUT2D eigenvalue weighted by atomic mass is 16.5. The second-order valence-corrected chi connectivity index (χ2v) is 4.94. The van der Waals surface area contributed by atoms with Crippen molar-refractivity contribution in [1.29, 1.82) is 0 Å². The van der Waals surface area contributed by atoms with Crippen molar-refractivity contribution in [3.63, 3.8) is 0 Å². The zero-order chi connectivity index (χ0) is 10.8. The van der Waals surface area contributed by atoms with Gasteiger partial charge in [-0.1, -0.05) is 5.16 Å². The molecule has 2 aliphatic rings. The predicted molar refractivity (Wildman–Crippen MR) is 61.0 cm³/mol. The SMILES string of the molecule is c1cc(CN(C[C@H]2CCCN2)C2CC2)no1. The van der Waals surface area contributed by atoms with Crippen LogP contribution in [-0.4, -0.2) is 35.2 Å². The van der Waals surface area contributed by atoms with E-state index in [1.54, 1.807) is 6.26 Å². The molecule has 0 radical (unpaired) electrons. The Morgan fingerprint density at radius 1 is 1.44 bits per heavy atom. The van der Waals surface area contributed by atoms with Gasteiger partial charge in [0.05, 0.1) is 5.69 Å². The van der Waals surface area contributed by atoms with Crippen LogP contribution in [0.5, 0.6) is 0 Å². The van der Waals surface area contributed by atoms with E-state index in [4.69, 9.17) is 4.52 Å². The normalized spacial score (nSPS) is 25.4. The summed E-state index contributed by atoms with van der Waals surface area (Å²) in [6.07, 6.45) is 7.01. The summed E-state index contributed by atoms with van der Waals surface area (Å²) in [5.74, 6) is 0. The van der Waals surface area contributed by atoms with Gasteiger partial charge in [0.1, 0.15) is 6.26 Å². The van der Waals surface area contributed by atoms with Crippen molar-refractivity contribution in [2.24, 2.45) is 0 Å². The number of hydrogen-bond acceptors (Lipinski definition) is 4. The molecule has 4 nitrogen and oxygen atoms in total. The van der Waals surface area contributed by atoms with E-state index in [1.165, 1.54) is 32.2 Å². The quantitative estimate of drug-likeness (QED) is 0.816. The molecule has 1 aliphatic heterocycles. The Hall–Kier alpha value is -0.870. The van der Waals surface area contributed by atoms with Gasteiger partial charge in [-0.15, -0.1) is 0 Å². The minimum atomic E-state index is 0.688. The highest BCUT2D eigenvalue weighted by molar-refractivity contribution is 4.98. The first-order valence-electron chi connectivity index (χ1n) is 6.28. The maximum atomic E-state index is 4.89. The molecule has 1 saturated carbocycles. The van der Waals surface area contributed by atoms with Crippen LogP contribution < -0.4 is 5.32 Å². The second-order valence-electron chi connectivity index (χ2n) is 4.94. The van der Waals surface area contributed by atoms with Crippen molar-refractivity contribution < 1.29 is 4.52 Å². The fourth-order valence-corrected chi connectivity index (χ4v) is 2.51. The average Bonchev–Trinajstić information content (AvgIpc) is 2.79. The molecule has 1 saturated heterocycles. The van der Waals surface area contributed by atoms with Crippen LogP contribution in [0, 0.1) is 0 Å². The van der Waals surface area contributed by atoms with Crippen molar-refractivity contribution in [3.8, 4) is 0 Å². The molecule has 0 spiro atoms. The van der Waals surface area contributed by atoms with Crippen LogP contribution in [0.4, 0.5) is 0 Å². The first-order valence-corrected chi connectivity index (χ1v) is 6.28. The van der Waals surface area contributed by atoms with Gasteiger partial charge in [0.25, 0.3) is 0 Å². The number of nitrogens with one attached hydrogen (secondary N) is 1. The lowest BCUT2D eigenvalue weighted by molar-refractivity contribution is 0.224.